The van der Waals surface area contributed by atoms with Gasteiger partial charge in [-0.2, -0.15) is 5.26 Å². The first kappa shape index (κ1) is 13.5. The van der Waals surface area contributed by atoms with Gasteiger partial charge in [0, 0.05) is 24.8 Å². The minimum Gasteiger partial charge on any atom is -0.381 e. The van der Waals surface area contributed by atoms with Crippen molar-refractivity contribution < 1.29 is 9.66 Å². The monoisotopic (exact) mass is 260 g/mol. The average Bonchev–Trinajstić information content (AvgIpc) is 2.46. The summed E-state index contributed by atoms with van der Waals surface area (Å²) >= 11 is 0. The molecule has 0 aromatic heterocycles. The topological polar surface area (TPSA) is 76.2 Å². The van der Waals surface area contributed by atoms with Gasteiger partial charge in [0.05, 0.1) is 16.4 Å². The third kappa shape index (κ3) is 3.09. The molecular weight excluding hydrogens is 244 g/mol. The molecule has 0 unspecified atom stereocenters. The molecule has 2 rings (SSSR count). The van der Waals surface area contributed by atoms with E-state index in [0.717, 1.165) is 0 Å². The number of benzene rings is 1. The molecule has 0 bridgehead atoms. The summed E-state index contributed by atoms with van der Waals surface area (Å²) < 4.78 is 5.28. The minimum absolute atomic E-state index is 0.141. The standard InChI is InChI=1S/C14H16N2O3/c15-11-14(7-9-19-10-8-14)6-5-12-3-1-2-4-13(12)16(17)18/h1-4H,5-10H2. The zero-order valence-corrected chi connectivity index (χ0v) is 10.7. The van der Waals surface area contributed by atoms with Gasteiger partial charge in [0.15, 0.2) is 0 Å². The Hall–Kier alpha value is -1.93. The smallest absolute Gasteiger partial charge is 0.272 e. The number of nitriles is 1. The molecule has 0 radical (unpaired) electrons. The van der Waals surface area contributed by atoms with Gasteiger partial charge in [-0.05, 0) is 25.7 Å². The lowest BCUT2D eigenvalue weighted by Gasteiger charge is -2.30. The van der Waals surface area contributed by atoms with Gasteiger partial charge in [-0.25, -0.2) is 0 Å². The number of ether oxygens (including phenoxy) is 1. The molecular formula is C14H16N2O3. The van der Waals surface area contributed by atoms with E-state index < -0.39 is 0 Å². The minimum atomic E-state index is -0.387. The second kappa shape index (κ2) is 5.81. The Morgan fingerprint density at radius 3 is 2.68 bits per heavy atom. The van der Waals surface area contributed by atoms with Crippen molar-refractivity contribution in [2.45, 2.75) is 25.7 Å². The second-order valence-corrected chi connectivity index (χ2v) is 4.89. The number of hydrogen-bond donors (Lipinski definition) is 0. The van der Waals surface area contributed by atoms with Crippen molar-refractivity contribution in [2.24, 2.45) is 5.41 Å². The highest BCUT2D eigenvalue weighted by Gasteiger charge is 2.32. The number of nitro benzene ring substituents is 1. The molecule has 1 fully saturated rings. The highest BCUT2D eigenvalue weighted by molar-refractivity contribution is 5.40. The number of para-hydroxylation sites is 1. The molecule has 5 nitrogen and oxygen atoms in total. The Bertz CT molecular complexity index is 502. The molecule has 5 heteroatoms. The highest BCUT2D eigenvalue weighted by Crippen LogP contribution is 2.35. The fraction of sp³-hybridized carbons (Fsp3) is 0.500. The Labute approximate surface area is 112 Å². The van der Waals surface area contributed by atoms with Gasteiger partial charge in [0.1, 0.15) is 0 Å². The van der Waals surface area contributed by atoms with Crippen LogP contribution in [0.5, 0.6) is 0 Å². The van der Waals surface area contributed by atoms with Crippen LogP contribution in [-0.2, 0) is 11.2 Å². The largest absolute Gasteiger partial charge is 0.381 e. The average molecular weight is 260 g/mol. The predicted octanol–water partition coefficient (Wildman–Crippen LogP) is 2.85. The molecule has 19 heavy (non-hydrogen) atoms. The van der Waals surface area contributed by atoms with Crippen molar-refractivity contribution in [2.75, 3.05) is 13.2 Å². The van der Waals surface area contributed by atoms with E-state index in [0.29, 0.717) is 44.5 Å². The molecule has 1 heterocycles. The van der Waals surface area contributed by atoms with Crippen LogP contribution < -0.4 is 0 Å². The summed E-state index contributed by atoms with van der Waals surface area (Å²) in [5.74, 6) is 0. The Balaban J connectivity index is 2.10. The third-order valence-electron chi connectivity index (χ3n) is 3.75. The Kier molecular flexibility index (Phi) is 4.13. The third-order valence-corrected chi connectivity index (χ3v) is 3.75. The van der Waals surface area contributed by atoms with Gasteiger partial charge in [0.25, 0.3) is 5.69 Å². The molecule has 0 saturated carbocycles. The molecule has 0 spiro atoms. The van der Waals surface area contributed by atoms with Crippen molar-refractivity contribution in [3.8, 4) is 6.07 Å². The van der Waals surface area contributed by atoms with Crippen molar-refractivity contribution >= 4 is 5.69 Å². The molecule has 0 amide bonds. The van der Waals surface area contributed by atoms with Crippen LogP contribution in [0.1, 0.15) is 24.8 Å². The second-order valence-electron chi connectivity index (χ2n) is 4.89. The van der Waals surface area contributed by atoms with Gasteiger partial charge >= 0.3 is 0 Å². The molecule has 1 aliphatic heterocycles. The summed E-state index contributed by atoms with van der Waals surface area (Å²) in [6.07, 6.45) is 2.64. The van der Waals surface area contributed by atoms with Crippen molar-refractivity contribution in [1.82, 2.24) is 0 Å². The maximum Gasteiger partial charge on any atom is 0.272 e. The van der Waals surface area contributed by atoms with E-state index in [-0.39, 0.29) is 16.0 Å². The van der Waals surface area contributed by atoms with Crippen LogP contribution >= 0.6 is 0 Å². The van der Waals surface area contributed by atoms with Crippen LogP contribution in [-0.4, -0.2) is 18.1 Å². The lowest BCUT2D eigenvalue weighted by atomic mass is 9.77. The lowest BCUT2D eigenvalue weighted by Crippen LogP contribution is -2.28. The number of aryl methyl sites for hydroxylation is 1. The van der Waals surface area contributed by atoms with Crippen LogP contribution in [0.3, 0.4) is 0 Å². The zero-order chi connectivity index (χ0) is 13.7. The Morgan fingerprint density at radius 2 is 2.05 bits per heavy atom. The summed E-state index contributed by atoms with van der Waals surface area (Å²) in [7, 11) is 0. The van der Waals surface area contributed by atoms with E-state index >= 15 is 0 Å². The number of hydrogen-bond acceptors (Lipinski definition) is 4. The number of nitro groups is 1. The maximum atomic E-state index is 10.9. The van der Waals surface area contributed by atoms with E-state index in [9.17, 15) is 15.4 Å². The van der Waals surface area contributed by atoms with E-state index in [4.69, 9.17) is 4.74 Å². The van der Waals surface area contributed by atoms with Crippen LogP contribution in [0.25, 0.3) is 0 Å². The zero-order valence-electron chi connectivity index (χ0n) is 10.7. The van der Waals surface area contributed by atoms with Crippen molar-refractivity contribution in [1.29, 1.82) is 5.26 Å². The van der Waals surface area contributed by atoms with Crippen LogP contribution in [0.15, 0.2) is 24.3 Å². The molecule has 0 atom stereocenters. The maximum absolute atomic E-state index is 10.9. The van der Waals surface area contributed by atoms with Gasteiger partial charge in [-0.1, -0.05) is 18.2 Å². The fourth-order valence-electron chi connectivity index (χ4n) is 2.45. The first-order valence-electron chi connectivity index (χ1n) is 6.38. The van der Waals surface area contributed by atoms with E-state index in [2.05, 4.69) is 6.07 Å². The molecule has 1 aliphatic rings. The van der Waals surface area contributed by atoms with Crippen LogP contribution in [0, 0.1) is 26.9 Å². The highest BCUT2D eigenvalue weighted by atomic mass is 16.6. The first-order chi connectivity index (χ1) is 9.17. The first-order valence-corrected chi connectivity index (χ1v) is 6.38. The molecule has 0 N–H and O–H groups in total. The molecule has 1 saturated heterocycles. The summed E-state index contributed by atoms with van der Waals surface area (Å²) in [6, 6.07) is 9.12. The number of nitrogens with zero attached hydrogens (tertiary/aromatic N) is 2. The normalized spacial score (nSPS) is 17.6. The summed E-state index contributed by atoms with van der Waals surface area (Å²) in [6.45, 7) is 1.20. The van der Waals surface area contributed by atoms with E-state index in [1.807, 2.05) is 0 Å². The van der Waals surface area contributed by atoms with E-state index in [1.54, 1.807) is 18.2 Å². The summed E-state index contributed by atoms with van der Waals surface area (Å²) in [4.78, 5) is 10.6. The molecule has 1 aromatic carbocycles. The fourth-order valence-corrected chi connectivity index (χ4v) is 2.45. The Morgan fingerprint density at radius 1 is 1.37 bits per heavy atom. The molecule has 0 aliphatic carbocycles. The van der Waals surface area contributed by atoms with Gasteiger partial charge < -0.3 is 4.74 Å². The predicted molar refractivity (Wildman–Crippen MR) is 69.5 cm³/mol. The van der Waals surface area contributed by atoms with Gasteiger partial charge in [0.2, 0.25) is 0 Å². The summed E-state index contributed by atoms with van der Waals surface area (Å²) in [5.41, 5.74) is 0.457. The van der Waals surface area contributed by atoms with Gasteiger partial charge in [-0.3, -0.25) is 10.1 Å². The van der Waals surface area contributed by atoms with Crippen molar-refractivity contribution in [3.63, 3.8) is 0 Å². The molecule has 100 valence electrons. The quantitative estimate of drug-likeness (QED) is 0.616. The molecule has 1 aromatic rings. The number of rotatable bonds is 4. The SMILES string of the molecule is N#CC1(CCc2ccccc2[N+](=O)[O-])CCOCC1. The van der Waals surface area contributed by atoms with E-state index in [1.165, 1.54) is 6.07 Å². The van der Waals surface area contributed by atoms with Crippen LogP contribution in [0.2, 0.25) is 0 Å². The lowest BCUT2D eigenvalue weighted by molar-refractivity contribution is -0.385. The van der Waals surface area contributed by atoms with Crippen LogP contribution in [0.4, 0.5) is 5.69 Å². The van der Waals surface area contributed by atoms with Gasteiger partial charge in [-0.15, -0.1) is 0 Å². The summed E-state index contributed by atoms with van der Waals surface area (Å²) in [5, 5.41) is 20.3. The van der Waals surface area contributed by atoms with Crippen molar-refractivity contribution in [3.05, 3.63) is 39.9 Å².